The smallest absolute Gasteiger partial charge is 0.462 e. The number of esters is 4. The highest BCUT2D eigenvalue weighted by Crippen LogP contribution is 2.45. The van der Waals surface area contributed by atoms with Gasteiger partial charge in [-0.25, -0.2) is 9.13 Å². The lowest BCUT2D eigenvalue weighted by Gasteiger charge is -2.21. The number of carbonyl (C=O) groups is 4. The summed E-state index contributed by atoms with van der Waals surface area (Å²) in [5.41, 5.74) is 0. The topological polar surface area (TPSA) is 237 Å². The summed E-state index contributed by atoms with van der Waals surface area (Å²) < 4.78 is 68.0. The van der Waals surface area contributed by atoms with E-state index in [2.05, 4.69) is 34.6 Å². The van der Waals surface area contributed by atoms with Gasteiger partial charge in [-0.2, -0.15) is 0 Å². The second-order valence-electron chi connectivity index (χ2n) is 24.0. The van der Waals surface area contributed by atoms with Crippen LogP contribution in [0.3, 0.4) is 0 Å². The Kier molecular flexibility index (Phi) is 57.4. The average molecular weight is 1240 g/mol. The molecule has 0 aliphatic heterocycles. The van der Waals surface area contributed by atoms with Gasteiger partial charge in [0.15, 0.2) is 12.2 Å². The standard InChI is InChI=1S/C65H126O17P2/c1-6-9-12-15-18-21-23-24-25-26-27-29-36-41-46-51-65(70)82-61(55-76-63(68)49-44-39-34-31-30-32-37-42-47-58(4)5)57-80-84(73,74)78-53-59(66)52-77-83(71,72)79-56-60(54-75-62(67)48-43-38-33-20-17-14-11-8-3)81-64(69)50-45-40-35-28-22-19-16-13-10-7-2/h58-61,66H,6-57H2,1-5H3,(H,71,72)(H,73,74)/t59-,60+,61+/m0/s1. The molecule has 3 N–H and O–H groups in total. The van der Waals surface area contributed by atoms with Crippen molar-refractivity contribution in [3.63, 3.8) is 0 Å². The first-order chi connectivity index (χ1) is 40.5. The molecule has 0 radical (unpaired) electrons. The lowest BCUT2D eigenvalue weighted by atomic mass is 10.0. The van der Waals surface area contributed by atoms with E-state index in [-0.39, 0.29) is 25.7 Å². The predicted molar refractivity (Wildman–Crippen MR) is 335 cm³/mol. The molecule has 0 rings (SSSR count). The van der Waals surface area contributed by atoms with E-state index in [1.54, 1.807) is 0 Å². The monoisotopic (exact) mass is 1240 g/mol. The molecule has 0 saturated heterocycles. The van der Waals surface area contributed by atoms with Crippen LogP contribution in [0.5, 0.6) is 0 Å². The van der Waals surface area contributed by atoms with Gasteiger partial charge < -0.3 is 33.8 Å². The summed E-state index contributed by atoms with van der Waals surface area (Å²) in [6.07, 6.45) is 43.1. The van der Waals surface area contributed by atoms with E-state index in [4.69, 9.17) is 37.0 Å². The maximum atomic E-state index is 13.0. The van der Waals surface area contributed by atoms with Crippen molar-refractivity contribution in [3.05, 3.63) is 0 Å². The van der Waals surface area contributed by atoms with Crippen molar-refractivity contribution < 1.29 is 80.2 Å². The van der Waals surface area contributed by atoms with Crippen molar-refractivity contribution in [1.82, 2.24) is 0 Å². The number of carbonyl (C=O) groups excluding carboxylic acids is 4. The second kappa shape index (κ2) is 58.7. The number of phosphoric acid groups is 2. The zero-order valence-electron chi connectivity index (χ0n) is 54.0. The summed E-state index contributed by atoms with van der Waals surface area (Å²) in [5, 5.41) is 10.5. The fourth-order valence-electron chi connectivity index (χ4n) is 9.76. The lowest BCUT2D eigenvalue weighted by Crippen LogP contribution is -2.30. The van der Waals surface area contributed by atoms with Gasteiger partial charge in [-0.1, -0.05) is 279 Å². The number of phosphoric ester groups is 2. The number of hydrogen-bond acceptors (Lipinski definition) is 15. The van der Waals surface area contributed by atoms with Gasteiger partial charge in [-0.05, 0) is 31.6 Å². The number of aliphatic hydroxyl groups excluding tert-OH is 1. The van der Waals surface area contributed by atoms with Crippen LogP contribution >= 0.6 is 15.6 Å². The fraction of sp³-hybridized carbons (Fsp3) is 0.938. The maximum Gasteiger partial charge on any atom is 0.472 e. The third-order valence-electron chi connectivity index (χ3n) is 15.0. The van der Waals surface area contributed by atoms with Gasteiger partial charge in [-0.15, -0.1) is 0 Å². The highest BCUT2D eigenvalue weighted by Gasteiger charge is 2.30. The molecule has 0 aromatic carbocycles. The van der Waals surface area contributed by atoms with Crippen LogP contribution in [0.2, 0.25) is 0 Å². The Labute approximate surface area is 511 Å². The molecule has 84 heavy (non-hydrogen) atoms. The van der Waals surface area contributed by atoms with E-state index >= 15 is 0 Å². The Hall–Kier alpha value is -1.94. The zero-order valence-corrected chi connectivity index (χ0v) is 55.8. The van der Waals surface area contributed by atoms with Crippen molar-refractivity contribution in [2.75, 3.05) is 39.6 Å². The van der Waals surface area contributed by atoms with Gasteiger partial charge >= 0.3 is 39.5 Å². The molecule has 0 aromatic heterocycles. The third kappa shape index (κ3) is 59.0. The summed E-state index contributed by atoms with van der Waals surface area (Å²) in [6.45, 7) is 7.14. The minimum Gasteiger partial charge on any atom is -0.462 e. The normalized spacial score (nSPS) is 14.2. The van der Waals surface area contributed by atoms with Gasteiger partial charge in [0.05, 0.1) is 26.4 Å². The molecule has 17 nitrogen and oxygen atoms in total. The van der Waals surface area contributed by atoms with E-state index < -0.39 is 97.5 Å². The highest BCUT2D eigenvalue weighted by atomic mass is 31.2. The van der Waals surface area contributed by atoms with Crippen LogP contribution < -0.4 is 0 Å². The lowest BCUT2D eigenvalue weighted by molar-refractivity contribution is -0.161. The number of aliphatic hydroxyl groups is 1. The first-order valence-electron chi connectivity index (χ1n) is 34.1. The molecular formula is C65H126O17P2. The summed E-state index contributed by atoms with van der Waals surface area (Å²) in [5.74, 6) is -1.41. The second-order valence-corrected chi connectivity index (χ2v) is 26.9. The molecule has 0 aliphatic rings. The maximum absolute atomic E-state index is 13.0. The molecule has 0 amide bonds. The molecule has 19 heteroatoms. The fourth-order valence-corrected chi connectivity index (χ4v) is 11.3. The molecule has 0 aromatic rings. The van der Waals surface area contributed by atoms with Crippen molar-refractivity contribution in [1.29, 1.82) is 0 Å². The van der Waals surface area contributed by atoms with E-state index in [0.717, 1.165) is 102 Å². The van der Waals surface area contributed by atoms with Crippen molar-refractivity contribution >= 4 is 39.5 Å². The molecule has 0 aliphatic carbocycles. The van der Waals surface area contributed by atoms with E-state index in [1.807, 2.05) is 0 Å². The Morgan fingerprint density at radius 2 is 0.548 bits per heavy atom. The summed E-state index contributed by atoms with van der Waals surface area (Å²) in [6, 6.07) is 0. The molecule has 498 valence electrons. The summed E-state index contributed by atoms with van der Waals surface area (Å²) in [7, 11) is -9.88. The average Bonchev–Trinajstić information content (AvgIpc) is 3.60. The minimum absolute atomic E-state index is 0.106. The van der Waals surface area contributed by atoms with Crippen LogP contribution in [0.1, 0.15) is 330 Å². The van der Waals surface area contributed by atoms with Gasteiger partial charge in [0.25, 0.3) is 0 Å². The number of rotatable bonds is 65. The van der Waals surface area contributed by atoms with Gasteiger partial charge in [0.1, 0.15) is 19.3 Å². The first-order valence-corrected chi connectivity index (χ1v) is 37.1. The zero-order chi connectivity index (χ0) is 62.0. The van der Waals surface area contributed by atoms with Gasteiger partial charge in [0, 0.05) is 25.7 Å². The van der Waals surface area contributed by atoms with Gasteiger partial charge in [-0.3, -0.25) is 37.3 Å². The van der Waals surface area contributed by atoms with Crippen LogP contribution in [0.25, 0.3) is 0 Å². The van der Waals surface area contributed by atoms with Crippen LogP contribution in [-0.4, -0.2) is 96.7 Å². The highest BCUT2D eigenvalue weighted by molar-refractivity contribution is 7.47. The van der Waals surface area contributed by atoms with E-state index in [9.17, 15) is 43.2 Å². The molecule has 0 saturated carbocycles. The van der Waals surface area contributed by atoms with Crippen molar-refractivity contribution in [2.24, 2.45) is 5.92 Å². The summed E-state index contributed by atoms with van der Waals surface area (Å²) >= 11 is 0. The van der Waals surface area contributed by atoms with Gasteiger partial charge in [0.2, 0.25) is 0 Å². The minimum atomic E-state index is -4.94. The third-order valence-corrected chi connectivity index (χ3v) is 16.9. The largest absolute Gasteiger partial charge is 0.472 e. The quantitative estimate of drug-likeness (QED) is 0.0222. The van der Waals surface area contributed by atoms with Crippen molar-refractivity contribution in [3.8, 4) is 0 Å². The molecular weight excluding hydrogens is 1110 g/mol. The number of unbranched alkanes of at least 4 members (excludes halogenated alkanes) is 37. The van der Waals surface area contributed by atoms with Crippen LogP contribution in [0, 0.1) is 5.92 Å². The molecule has 0 spiro atoms. The molecule has 5 atom stereocenters. The van der Waals surface area contributed by atoms with Crippen LogP contribution in [0.15, 0.2) is 0 Å². The first kappa shape index (κ1) is 82.1. The number of hydrogen-bond donors (Lipinski definition) is 3. The Morgan fingerprint density at radius 3 is 0.810 bits per heavy atom. The Bertz CT molecular complexity index is 1640. The number of ether oxygens (including phenoxy) is 4. The molecule has 0 bridgehead atoms. The van der Waals surface area contributed by atoms with Crippen LogP contribution in [0.4, 0.5) is 0 Å². The molecule has 0 heterocycles. The van der Waals surface area contributed by atoms with Crippen molar-refractivity contribution in [2.45, 2.75) is 348 Å². The predicted octanol–water partition coefficient (Wildman–Crippen LogP) is 18.2. The Morgan fingerprint density at radius 1 is 0.321 bits per heavy atom. The van der Waals surface area contributed by atoms with Crippen LogP contribution in [-0.2, 0) is 65.4 Å². The SMILES string of the molecule is CCCCCCCCCCCCCCCCCC(=O)O[C@H](COC(=O)CCCCCCCCCCC(C)C)COP(=O)(O)OC[C@@H](O)COP(=O)(O)OC[C@@H](COC(=O)CCCCCCCCCC)OC(=O)CCCCCCCCCCCC. The summed E-state index contributed by atoms with van der Waals surface area (Å²) in [4.78, 5) is 72.2. The Balaban J connectivity index is 5.21. The van der Waals surface area contributed by atoms with E-state index in [0.29, 0.717) is 25.7 Å². The molecule has 0 fully saturated rings. The van der Waals surface area contributed by atoms with E-state index in [1.165, 1.54) is 148 Å². The molecule has 2 unspecified atom stereocenters.